The van der Waals surface area contributed by atoms with Gasteiger partial charge in [-0.3, -0.25) is 4.98 Å². The van der Waals surface area contributed by atoms with Crippen molar-refractivity contribution in [1.29, 1.82) is 5.26 Å². The second-order valence-corrected chi connectivity index (χ2v) is 12.7. The van der Waals surface area contributed by atoms with E-state index in [-0.39, 0.29) is 11.0 Å². The maximum Gasteiger partial charge on any atom is 0.213 e. The molecule has 1 aromatic carbocycles. The Morgan fingerprint density at radius 1 is 1.20 bits per heavy atom. The maximum atomic E-state index is 14.0. The SMILES string of the molecule is Cc1nc(F)ccc1C(Nc1cc(Cl)c2ncc(C#N)c(NCC(C)(C)C)c2c1)c1cn(C(C)(C)C2CC2)nn1. The number of nitrogens with zero attached hydrogens (tertiary/aromatic N) is 6. The highest BCUT2D eigenvalue weighted by atomic mass is 35.5. The highest BCUT2D eigenvalue weighted by Gasteiger charge is 2.40. The molecule has 1 aliphatic rings. The van der Waals surface area contributed by atoms with Crippen molar-refractivity contribution in [2.24, 2.45) is 11.3 Å². The molecule has 0 saturated heterocycles. The molecular formula is C30H34ClFN8. The van der Waals surface area contributed by atoms with E-state index in [1.807, 2.05) is 16.9 Å². The monoisotopic (exact) mass is 560 g/mol. The lowest BCUT2D eigenvalue weighted by molar-refractivity contribution is 0.268. The lowest BCUT2D eigenvalue weighted by Crippen LogP contribution is -2.29. The molecule has 3 heterocycles. The van der Waals surface area contributed by atoms with Crippen molar-refractivity contribution in [2.45, 2.75) is 66.0 Å². The van der Waals surface area contributed by atoms with E-state index < -0.39 is 12.0 Å². The molecular weight excluding hydrogens is 527 g/mol. The Labute approximate surface area is 239 Å². The Kier molecular flexibility index (Phi) is 7.17. The number of aromatic nitrogens is 5. The molecule has 1 fully saturated rings. The van der Waals surface area contributed by atoms with Crippen LogP contribution in [0.3, 0.4) is 0 Å². The minimum absolute atomic E-state index is 0.0136. The molecule has 2 N–H and O–H groups in total. The molecule has 3 aromatic heterocycles. The summed E-state index contributed by atoms with van der Waals surface area (Å²) >= 11 is 6.75. The molecule has 1 saturated carbocycles. The van der Waals surface area contributed by atoms with Gasteiger partial charge in [0, 0.05) is 35.1 Å². The smallest absolute Gasteiger partial charge is 0.213 e. The third kappa shape index (κ3) is 5.59. The number of anilines is 2. The van der Waals surface area contributed by atoms with Crippen LogP contribution in [0.5, 0.6) is 0 Å². The van der Waals surface area contributed by atoms with Crippen LogP contribution in [0.1, 0.15) is 76.0 Å². The molecule has 1 atom stereocenters. The van der Waals surface area contributed by atoms with Gasteiger partial charge in [-0.05, 0) is 63.1 Å². The molecule has 1 unspecified atom stereocenters. The van der Waals surface area contributed by atoms with Crippen molar-refractivity contribution in [2.75, 3.05) is 17.2 Å². The Morgan fingerprint density at radius 2 is 1.95 bits per heavy atom. The summed E-state index contributed by atoms with van der Waals surface area (Å²) in [5, 5.41) is 27.0. The summed E-state index contributed by atoms with van der Waals surface area (Å²) in [7, 11) is 0. The topological polar surface area (TPSA) is 104 Å². The van der Waals surface area contributed by atoms with Crippen molar-refractivity contribution >= 4 is 33.9 Å². The molecule has 0 aliphatic heterocycles. The van der Waals surface area contributed by atoms with Crippen LogP contribution < -0.4 is 10.6 Å². The van der Waals surface area contributed by atoms with Gasteiger partial charge in [0.1, 0.15) is 11.8 Å². The van der Waals surface area contributed by atoms with E-state index in [9.17, 15) is 9.65 Å². The largest absolute Gasteiger partial charge is 0.383 e. The fourth-order valence-corrected chi connectivity index (χ4v) is 5.23. The number of pyridine rings is 2. The number of nitrogens with one attached hydrogen (secondary N) is 2. The molecule has 40 heavy (non-hydrogen) atoms. The van der Waals surface area contributed by atoms with E-state index >= 15 is 0 Å². The van der Waals surface area contributed by atoms with Crippen molar-refractivity contribution in [3.05, 3.63) is 70.1 Å². The highest BCUT2D eigenvalue weighted by Crippen LogP contribution is 2.44. The Hall–Kier alpha value is -3.77. The lowest BCUT2D eigenvalue weighted by Gasteiger charge is -2.24. The van der Waals surface area contributed by atoms with E-state index in [4.69, 9.17) is 11.6 Å². The van der Waals surface area contributed by atoms with Gasteiger partial charge in [-0.15, -0.1) is 5.10 Å². The van der Waals surface area contributed by atoms with Gasteiger partial charge in [-0.1, -0.05) is 43.7 Å². The number of benzene rings is 1. The van der Waals surface area contributed by atoms with Crippen molar-refractivity contribution in [3.8, 4) is 6.07 Å². The normalized spacial score (nSPS) is 14.7. The van der Waals surface area contributed by atoms with Crippen molar-refractivity contribution < 1.29 is 4.39 Å². The summed E-state index contributed by atoms with van der Waals surface area (Å²) in [5.41, 5.74) is 4.22. The number of hydrogen-bond donors (Lipinski definition) is 2. The van der Waals surface area contributed by atoms with Crippen LogP contribution in [-0.4, -0.2) is 31.5 Å². The first-order chi connectivity index (χ1) is 18.9. The van der Waals surface area contributed by atoms with Crippen molar-refractivity contribution in [3.63, 3.8) is 0 Å². The van der Waals surface area contributed by atoms with Crippen molar-refractivity contribution in [1.82, 2.24) is 25.0 Å². The quantitative estimate of drug-likeness (QED) is 0.223. The van der Waals surface area contributed by atoms with Gasteiger partial charge in [0.2, 0.25) is 5.95 Å². The van der Waals surface area contributed by atoms with Crippen LogP contribution in [0, 0.1) is 35.5 Å². The molecule has 4 aromatic rings. The van der Waals surface area contributed by atoms with Gasteiger partial charge >= 0.3 is 0 Å². The zero-order valence-corrected chi connectivity index (χ0v) is 24.4. The zero-order valence-electron chi connectivity index (χ0n) is 23.7. The molecule has 0 spiro atoms. The summed E-state index contributed by atoms with van der Waals surface area (Å²) in [6.45, 7) is 13.1. The molecule has 0 bridgehead atoms. The van der Waals surface area contributed by atoms with Crippen LogP contribution in [0.2, 0.25) is 5.02 Å². The van der Waals surface area contributed by atoms with E-state index in [2.05, 4.69) is 71.6 Å². The molecule has 0 radical (unpaired) electrons. The zero-order chi connectivity index (χ0) is 28.8. The van der Waals surface area contributed by atoms with E-state index in [1.165, 1.54) is 18.9 Å². The molecule has 5 rings (SSSR count). The van der Waals surface area contributed by atoms with Crippen LogP contribution in [0.15, 0.2) is 36.7 Å². The minimum Gasteiger partial charge on any atom is -0.383 e. The van der Waals surface area contributed by atoms with Gasteiger partial charge in [0.05, 0.1) is 39.6 Å². The maximum absolute atomic E-state index is 14.0. The second-order valence-electron chi connectivity index (χ2n) is 12.3. The van der Waals surface area contributed by atoms with Gasteiger partial charge < -0.3 is 10.6 Å². The van der Waals surface area contributed by atoms with Gasteiger partial charge in [-0.2, -0.15) is 9.65 Å². The van der Waals surface area contributed by atoms with Crippen LogP contribution in [0.4, 0.5) is 15.8 Å². The third-order valence-electron chi connectivity index (χ3n) is 7.53. The van der Waals surface area contributed by atoms with Gasteiger partial charge in [0.25, 0.3) is 0 Å². The fourth-order valence-electron chi connectivity index (χ4n) is 4.96. The molecule has 208 valence electrons. The predicted octanol–water partition coefficient (Wildman–Crippen LogP) is 7.00. The summed E-state index contributed by atoms with van der Waals surface area (Å²) in [6, 6.07) is 8.56. The predicted molar refractivity (Wildman–Crippen MR) is 156 cm³/mol. The third-order valence-corrected chi connectivity index (χ3v) is 7.82. The summed E-state index contributed by atoms with van der Waals surface area (Å²) in [6.07, 6.45) is 5.84. The number of nitriles is 1. The first kappa shape index (κ1) is 27.8. The average Bonchev–Trinajstić information content (AvgIpc) is 3.63. The number of rotatable bonds is 8. The number of aryl methyl sites for hydroxylation is 1. The molecule has 10 heteroatoms. The van der Waals surface area contributed by atoms with Gasteiger partial charge in [0.15, 0.2) is 0 Å². The molecule has 1 aliphatic carbocycles. The van der Waals surface area contributed by atoms with Gasteiger partial charge in [-0.25, -0.2) is 9.67 Å². The van der Waals surface area contributed by atoms with Crippen LogP contribution in [0.25, 0.3) is 10.9 Å². The van der Waals surface area contributed by atoms with E-state index in [0.29, 0.717) is 51.3 Å². The van der Waals surface area contributed by atoms with E-state index in [0.717, 1.165) is 10.9 Å². The first-order valence-corrected chi connectivity index (χ1v) is 13.8. The second kappa shape index (κ2) is 10.3. The number of hydrogen-bond acceptors (Lipinski definition) is 7. The Balaban J connectivity index is 1.60. The summed E-state index contributed by atoms with van der Waals surface area (Å²) in [5.74, 6) is 0.0137. The average molecular weight is 561 g/mol. The fraction of sp³-hybridized carbons (Fsp3) is 0.433. The summed E-state index contributed by atoms with van der Waals surface area (Å²) < 4.78 is 15.9. The van der Waals surface area contributed by atoms with Crippen LogP contribution >= 0.6 is 11.6 Å². The Morgan fingerprint density at radius 3 is 2.60 bits per heavy atom. The first-order valence-electron chi connectivity index (χ1n) is 13.5. The lowest BCUT2D eigenvalue weighted by atomic mass is 9.96. The molecule has 8 nitrogen and oxygen atoms in total. The Bertz CT molecular complexity index is 1610. The van der Waals surface area contributed by atoms with E-state index in [1.54, 1.807) is 25.3 Å². The summed E-state index contributed by atoms with van der Waals surface area (Å²) in [4.78, 5) is 8.53. The number of fused-ring (bicyclic) bond motifs is 1. The standard InChI is InChI=1S/C30H34ClFN8/c1-17-21(9-10-25(32)36-17)28(24-15-40(39-38-24)30(5,6)19-7-8-19)37-20-11-22-26(35-16-29(2,3)4)18(13-33)14-34-27(22)23(31)12-20/h9-12,14-15,19,28,37H,7-8,16H2,1-6H3,(H,34,35). The molecule has 0 amide bonds. The minimum atomic E-state index is -0.544. The van der Waals surface area contributed by atoms with Crippen LogP contribution in [-0.2, 0) is 5.54 Å². The highest BCUT2D eigenvalue weighted by molar-refractivity contribution is 6.35. The number of halogens is 2.